The van der Waals surface area contributed by atoms with Crippen LogP contribution in [0.25, 0.3) is 0 Å². The summed E-state index contributed by atoms with van der Waals surface area (Å²) >= 11 is 2.80. The SMILES string of the molecule is CC(=O)Nc1cccc(NC(=O)C(=O)NCC(O)(c2ccsc2)c2cccs2)c1. The summed E-state index contributed by atoms with van der Waals surface area (Å²) in [5.74, 6) is -1.99. The Balaban J connectivity index is 1.66. The van der Waals surface area contributed by atoms with Gasteiger partial charge in [0.15, 0.2) is 0 Å². The van der Waals surface area contributed by atoms with Gasteiger partial charge < -0.3 is 21.1 Å². The number of hydrogen-bond donors (Lipinski definition) is 4. The lowest BCUT2D eigenvalue weighted by atomic mass is 9.94. The third kappa shape index (κ3) is 5.08. The Morgan fingerprint density at radius 3 is 2.38 bits per heavy atom. The first-order valence-electron chi connectivity index (χ1n) is 8.64. The molecule has 0 saturated heterocycles. The van der Waals surface area contributed by atoms with Gasteiger partial charge in [0.05, 0.1) is 6.54 Å². The molecule has 0 aliphatic carbocycles. The fourth-order valence-corrected chi connectivity index (χ4v) is 4.27. The zero-order valence-electron chi connectivity index (χ0n) is 15.5. The molecule has 0 saturated carbocycles. The minimum Gasteiger partial charge on any atom is -0.378 e. The summed E-state index contributed by atoms with van der Waals surface area (Å²) in [6.07, 6.45) is 0. The summed E-state index contributed by atoms with van der Waals surface area (Å²) in [4.78, 5) is 36.4. The Bertz CT molecular complexity index is 966. The third-order valence-electron chi connectivity index (χ3n) is 4.08. The molecule has 0 aliphatic rings. The molecule has 4 N–H and O–H groups in total. The van der Waals surface area contributed by atoms with E-state index in [-0.39, 0.29) is 12.5 Å². The number of hydrogen-bond acceptors (Lipinski definition) is 6. The molecule has 0 bridgehead atoms. The lowest BCUT2D eigenvalue weighted by Crippen LogP contribution is -2.44. The second-order valence-corrected chi connectivity index (χ2v) is 7.98. The summed E-state index contributed by atoms with van der Waals surface area (Å²) in [6, 6.07) is 11.8. The Kier molecular flexibility index (Phi) is 6.42. The van der Waals surface area contributed by atoms with Crippen LogP contribution in [-0.4, -0.2) is 29.4 Å². The predicted octanol–water partition coefficient (Wildman–Crippen LogP) is 2.76. The van der Waals surface area contributed by atoms with Crippen LogP contribution in [0.4, 0.5) is 11.4 Å². The molecule has 0 spiro atoms. The lowest BCUT2D eigenvalue weighted by molar-refractivity contribution is -0.136. The monoisotopic (exact) mass is 429 g/mol. The fourth-order valence-electron chi connectivity index (χ4n) is 2.70. The van der Waals surface area contributed by atoms with E-state index in [2.05, 4.69) is 16.0 Å². The highest BCUT2D eigenvalue weighted by molar-refractivity contribution is 7.10. The lowest BCUT2D eigenvalue weighted by Gasteiger charge is -2.26. The van der Waals surface area contributed by atoms with Gasteiger partial charge in [0.1, 0.15) is 5.60 Å². The van der Waals surface area contributed by atoms with Gasteiger partial charge in [-0.25, -0.2) is 0 Å². The predicted molar refractivity (Wildman–Crippen MR) is 114 cm³/mol. The third-order valence-corrected chi connectivity index (χ3v) is 5.78. The summed E-state index contributed by atoms with van der Waals surface area (Å²) in [5.41, 5.74) is 0.0896. The minimum atomic E-state index is -1.42. The molecule has 2 aromatic heterocycles. The van der Waals surface area contributed by atoms with E-state index in [4.69, 9.17) is 0 Å². The standard InChI is InChI=1S/C20H19N3O4S2/c1-13(24)22-15-4-2-5-16(10-15)23-19(26)18(25)21-12-20(27,14-7-9-28-11-14)17-6-3-8-29-17/h2-11,27H,12H2,1H3,(H,21,25)(H,22,24)(H,23,26). The highest BCUT2D eigenvalue weighted by atomic mass is 32.1. The van der Waals surface area contributed by atoms with Crippen molar-refractivity contribution in [2.75, 3.05) is 17.2 Å². The number of thiophene rings is 2. The van der Waals surface area contributed by atoms with Crippen molar-refractivity contribution in [2.45, 2.75) is 12.5 Å². The summed E-state index contributed by atoms with van der Waals surface area (Å²) < 4.78 is 0. The van der Waals surface area contributed by atoms with Gasteiger partial charge in [0, 0.05) is 28.7 Å². The van der Waals surface area contributed by atoms with E-state index in [9.17, 15) is 19.5 Å². The molecular formula is C20H19N3O4S2. The molecule has 1 atom stereocenters. The van der Waals surface area contributed by atoms with E-state index < -0.39 is 17.4 Å². The topological polar surface area (TPSA) is 108 Å². The highest BCUT2D eigenvalue weighted by Gasteiger charge is 2.34. The summed E-state index contributed by atoms with van der Waals surface area (Å²) in [6.45, 7) is 1.23. The first-order valence-corrected chi connectivity index (χ1v) is 10.5. The van der Waals surface area contributed by atoms with Crippen LogP contribution in [0.5, 0.6) is 0 Å². The normalized spacial score (nSPS) is 12.6. The van der Waals surface area contributed by atoms with Crippen LogP contribution in [0, 0.1) is 0 Å². The quantitative estimate of drug-likeness (QED) is 0.452. The van der Waals surface area contributed by atoms with Gasteiger partial charge >= 0.3 is 11.8 Å². The number of rotatable bonds is 6. The molecule has 3 rings (SSSR count). The van der Waals surface area contributed by atoms with Crippen molar-refractivity contribution in [3.8, 4) is 0 Å². The zero-order chi connectivity index (χ0) is 20.9. The van der Waals surface area contributed by atoms with Gasteiger partial charge in [-0.15, -0.1) is 11.3 Å². The maximum atomic E-state index is 12.3. The molecule has 150 valence electrons. The Morgan fingerprint density at radius 2 is 1.76 bits per heavy atom. The number of benzene rings is 1. The van der Waals surface area contributed by atoms with Crippen molar-refractivity contribution < 1.29 is 19.5 Å². The van der Waals surface area contributed by atoms with Crippen LogP contribution in [0.2, 0.25) is 0 Å². The number of carbonyl (C=O) groups is 3. The molecule has 3 amide bonds. The number of aliphatic hydroxyl groups is 1. The van der Waals surface area contributed by atoms with E-state index in [1.165, 1.54) is 29.6 Å². The van der Waals surface area contributed by atoms with Gasteiger partial charge in [-0.05, 0) is 46.5 Å². The van der Waals surface area contributed by atoms with Gasteiger partial charge in [-0.1, -0.05) is 12.1 Å². The van der Waals surface area contributed by atoms with E-state index >= 15 is 0 Å². The number of nitrogens with one attached hydrogen (secondary N) is 3. The van der Waals surface area contributed by atoms with Crippen LogP contribution >= 0.6 is 22.7 Å². The van der Waals surface area contributed by atoms with Crippen molar-refractivity contribution >= 4 is 51.8 Å². The van der Waals surface area contributed by atoms with Crippen molar-refractivity contribution in [2.24, 2.45) is 0 Å². The van der Waals surface area contributed by atoms with Crippen molar-refractivity contribution in [1.82, 2.24) is 5.32 Å². The second-order valence-electron chi connectivity index (χ2n) is 6.25. The molecule has 29 heavy (non-hydrogen) atoms. The summed E-state index contributed by atoms with van der Waals surface area (Å²) in [7, 11) is 0. The van der Waals surface area contributed by atoms with Crippen molar-refractivity contribution in [3.63, 3.8) is 0 Å². The smallest absolute Gasteiger partial charge is 0.313 e. The molecule has 0 fully saturated rings. The number of anilines is 2. The van der Waals surface area contributed by atoms with Crippen LogP contribution in [0.3, 0.4) is 0 Å². The van der Waals surface area contributed by atoms with Crippen LogP contribution in [-0.2, 0) is 20.0 Å². The average Bonchev–Trinajstić information content (AvgIpc) is 3.39. The maximum Gasteiger partial charge on any atom is 0.313 e. The number of amides is 3. The molecule has 9 heteroatoms. The summed E-state index contributed by atoms with van der Waals surface area (Å²) in [5, 5.41) is 24.3. The zero-order valence-corrected chi connectivity index (χ0v) is 17.1. The molecule has 0 radical (unpaired) electrons. The number of carbonyl (C=O) groups excluding carboxylic acids is 3. The fraction of sp³-hybridized carbons (Fsp3) is 0.150. The van der Waals surface area contributed by atoms with Gasteiger partial charge in [-0.3, -0.25) is 14.4 Å². The van der Waals surface area contributed by atoms with E-state index in [0.717, 1.165) is 0 Å². The van der Waals surface area contributed by atoms with Crippen LogP contribution < -0.4 is 16.0 Å². The van der Waals surface area contributed by atoms with Gasteiger partial charge in [-0.2, -0.15) is 11.3 Å². The van der Waals surface area contributed by atoms with E-state index in [1.54, 1.807) is 41.8 Å². The Morgan fingerprint density at radius 1 is 1.00 bits per heavy atom. The molecule has 1 unspecified atom stereocenters. The van der Waals surface area contributed by atoms with E-state index in [1.807, 2.05) is 16.8 Å². The van der Waals surface area contributed by atoms with Crippen LogP contribution in [0.15, 0.2) is 58.6 Å². The Labute approximate surface area is 175 Å². The molecule has 1 aromatic carbocycles. The first kappa shape index (κ1) is 20.7. The van der Waals surface area contributed by atoms with Gasteiger partial charge in [0.25, 0.3) is 0 Å². The molecular weight excluding hydrogens is 410 g/mol. The van der Waals surface area contributed by atoms with Crippen LogP contribution in [0.1, 0.15) is 17.4 Å². The van der Waals surface area contributed by atoms with Gasteiger partial charge in [0.2, 0.25) is 5.91 Å². The highest BCUT2D eigenvalue weighted by Crippen LogP contribution is 2.33. The van der Waals surface area contributed by atoms with Crippen molar-refractivity contribution in [3.05, 3.63) is 69.0 Å². The maximum absolute atomic E-state index is 12.3. The molecule has 0 aliphatic heterocycles. The molecule has 7 nitrogen and oxygen atoms in total. The molecule has 3 aromatic rings. The van der Waals surface area contributed by atoms with Crippen molar-refractivity contribution in [1.29, 1.82) is 0 Å². The Hall–Kier alpha value is -3.01. The first-order chi connectivity index (χ1) is 13.9. The second kappa shape index (κ2) is 8.99. The average molecular weight is 430 g/mol. The molecule has 2 heterocycles. The largest absolute Gasteiger partial charge is 0.378 e. The minimum absolute atomic E-state index is 0.150. The van der Waals surface area contributed by atoms with E-state index in [0.29, 0.717) is 21.8 Å².